The number of piperidine rings is 3. The molecule has 3 heterocycles. The van der Waals surface area contributed by atoms with Crippen LogP contribution in [0, 0.1) is 17.3 Å². The average molecular weight is 401 g/mol. The van der Waals surface area contributed by atoms with Gasteiger partial charge in [-0.1, -0.05) is 22.4 Å². The number of carbonyl (C=O) groups excluding carboxylic acids is 1. The summed E-state index contributed by atoms with van der Waals surface area (Å²) in [4.78, 5) is 15.5. The number of hydrogen-bond donors (Lipinski definition) is 0. The van der Waals surface area contributed by atoms with E-state index in [-0.39, 0.29) is 23.8 Å². The number of hydrogen-bond acceptors (Lipinski definition) is 3. The van der Waals surface area contributed by atoms with Crippen LogP contribution in [0.5, 0.6) is 5.75 Å². The first kappa shape index (κ1) is 17.2. The molecule has 1 aromatic carbocycles. The molecule has 3 nitrogen and oxygen atoms in total. The van der Waals surface area contributed by atoms with Crippen LogP contribution in [0.1, 0.15) is 32.1 Å². The van der Waals surface area contributed by atoms with Crippen molar-refractivity contribution >= 4 is 34.3 Å². The number of esters is 1. The number of rotatable bonds is 3. The Morgan fingerprint density at radius 3 is 2.30 bits per heavy atom. The molecule has 1 atom stereocenters. The van der Waals surface area contributed by atoms with Gasteiger partial charge in [-0.3, -0.25) is 4.79 Å². The fraction of sp³-hybridized carbons (Fsp3) is 0.611. The van der Waals surface area contributed by atoms with E-state index in [1.165, 1.54) is 32.4 Å². The summed E-state index contributed by atoms with van der Waals surface area (Å²) in [6.45, 7) is 3.54. The van der Waals surface area contributed by atoms with E-state index in [2.05, 4.69) is 20.8 Å². The van der Waals surface area contributed by atoms with Gasteiger partial charge in [-0.25, -0.2) is 0 Å². The standard InChI is InChI=1S/C18H22BrNO2.ClH/c19-14-2-4-15(5-3-14)22-17(21)18(8-1-9-18)16-12-20-10-6-13(16)7-11-20;/h2-5,13,16H,1,6-12H2;1H. The molecule has 1 aromatic rings. The molecule has 4 aliphatic rings. The summed E-state index contributed by atoms with van der Waals surface area (Å²) in [5, 5.41) is 0. The van der Waals surface area contributed by atoms with Crippen LogP contribution in [-0.2, 0) is 4.79 Å². The van der Waals surface area contributed by atoms with Crippen LogP contribution in [-0.4, -0.2) is 30.5 Å². The normalized spacial score (nSPS) is 30.9. The highest BCUT2D eigenvalue weighted by atomic mass is 79.9. The molecule has 0 radical (unpaired) electrons. The van der Waals surface area contributed by atoms with Gasteiger partial charge in [-0.05, 0) is 74.9 Å². The number of benzene rings is 1. The predicted molar refractivity (Wildman–Crippen MR) is 96.0 cm³/mol. The van der Waals surface area contributed by atoms with Crippen LogP contribution in [0.3, 0.4) is 0 Å². The first-order valence-electron chi connectivity index (χ1n) is 8.38. The maximum atomic E-state index is 12.9. The highest BCUT2D eigenvalue weighted by Crippen LogP contribution is 2.54. The van der Waals surface area contributed by atoms with E-state index in [0.29, 0.717) is 11.7 Å². The zero-order valence-corrected chi connectivity index (χ0v) is 15.6. The lowest BCUT2D eigenvalue weighted by molar-refractivity contribution is -0.165. The zero-order valence-electron chi connectivity index (χ0n) is 13.2. The quantitative estimate of drug-likeness (QED) is 0.560. The molecule has 1 saturated carbocycles. The molecule has 5 heteroatoms. The van der Waals surface area contributed by atoms with E-state index in [1.807, 2.05) is 24.3 Å². The van der Waals surface area contributed by atoms with Crippen molar-refractivity contribution in [3.63, 3.8) is 0 Å². The van der Waals surface area contributed by atoms with Gasteiger partial charge in [0.1, 0.15) is 5.75 Å². The number of ether oxygens (including phenoxy) is 1. The summed E-state index contributed by atoms with van der Waals surface area (Å²) < 4.78 is 6.76. The lowest BCUT2D eigenvalue weighted by Gasteiger charge is -2.55. The largest absolute Gasteiger partial charge is 0.426 e. The summed E-state index contributed by atoms with van der Waals surface area (Å²) in [6, 6.07) is 7.57. The third-order valence-electron chi connectivity index (χ3n) is 6.04. The van der Waals surface area contributed by atoms with Crippen LogP contribution >= 0.6 is 28.3 Å². The highest BCUT2D eigenvalue weighted by molar-refractivity contribution is 9.10. The molecule has 126 valence electrons. The minimum absolute atomic E-state index is 0. The van der Waals surface area contributed by atoms with Crippen molar-refractivity contribution in [2.45, 2.75) is 32.1 Å². The summed E-state index contributed by atoms with van der Waals surface area (Å²) >= 11 is 3.41. The Bertz CT molecular complexity index is 565. The fourth-order valence-corrected chi connectivity index (χ4v) is 4.85. The molecule has 5 rings (SSSR count). The minimum Gasteiger partial charge on any atom is -0.426 e. The van der Waals surface area contributed by atoms with Gasteiger partial charge < -0.3 is 9.64 Å². The lowest BCUT2D eigenvalue weighted by atomic mass is 9.55. The fourth-order valence-electron chi connectivity index (χ4n) is 4.59. The molecule has 1 unspecified atom stereocenters. The molecular formula is C18H23BrClNO2. The second-order valence-corrected chi connectivity index (χ2v) is 8.01. The van der Waals surface area contributed by atoms with Crippen molar-refractivity contribution < 1.29 is 9.53 Å². The van der Waals surface area contributed by atoms with E-state index in [0.717, 1.165) is 29.8 Å². The van der Waals surface area contributed by atoms with E-state index in [4.69, 9.17) is 4.74 Å². The van der Waals surface area contributed by atoms with Gasteiger partial charge in [0.2, 0.25) is 0 Å². The van der Waals surface area contributed by atoms with Crippen molar-refractivity contribution in [3.05, 3.63) is 28.7 Å². The topological polar surface area (TPSA) is 29.5 Å². The molecule has 0 amide bonds. The molecule has 0 N–H and O–H groups in total. The first-order valence-corrected chi connectivity index (χ1v) is 9.17. The lowest BCUT2D eigenvalue weighted by Crippen LogP contribution is -2.58. The molecular weight excluding hydrogens is 378 g/mol. The molecule has 0 aromatic heterocycles. The maximum absolute atomic E-state index is 12.9. The average Bonchev–Trinajstić information content (AvgIpc) is 2.50. The Balaban J connectivity index is 0.00000156. The molecule has 1 aliphatic carbocycles. The van der Waals surface area contributed by atoms with E-state index >= 15 is 0 Å². The van der Waals surface area contributed by atoms with Gasteiger partial charge in [-0.2, -0.15) is 0 Å². The Morgan fingerprint density at radius 2 is 1.83 bits per heavy atom. The molecule has 2 bridgehead atoms. The number of nitrogens with zero attached hydrogens (tertiary/aromatic N) is 1. The molecule has 4 fully saturated rings. The van der Waals surface area contributed by atoms with Crippen LogP contribution in [0.25, 0.3) is 0 Å². The molecule has 23 heavy (non-hydrogen) atoms. The predicted octanol–water partition coefficient (Wildman–Crippen LogP) is 4.29. The maximum Gasteiger partial charge on any atom is 0.317 e. The summed E-state index contributed by atoms with van der Waals surface area (Å²) in [6.07, 6.45) is 5.71. The van der Waals surface area contributed by atoms with Gasteiger partial charge in [0.15, 0.2) is 0 Å². The third-order valence-corrected chi connectivity index (χ3v) is 6.57. The van der Waals surface area contributed by atoms with Crippen molar-refractivity contribution in [1.29, 1.82) is 0 Å². The van der Waals surface area contributed by atoms with E-state index in [1.54, 1.807) is 0 Å². The first-order chi connectivity index (χ1) is 10.7. The number of halogens is 2. The summed E-state index contributed by atoms with van der Waals surface area (Å²) in [5.74, 6) is 1.91. The Kier molecular flexibility index (Phi) is 5.05. The van der Waals surface area contributed by atoms with Crippen LogP contribution in [0.2, 0.25) is 0 Å². The molecule has 3 aliphatic heterocycles. The van der Waals surface area contributed by atoms with E-state index in [9.17, 15) is 4.79 Å². The van der Waals surface area contributed by atoms with Crippen LogP contribution in [0.15, 0.2) is 28.7 Å². The van der Waals surface area contributed by atoms with Crippen LogP contribution < -0.4 is 4.74 Å². The number of fused-ring (bicyclic) bond motifs is 3. The highest BCUT2D eigenvalue weighted by Gasteiger charge is 2.56. The second kappa shape index (κ2) is 6.73. The second-order valence-electron chi connectivity index (χ2n) is 7.10. The third kappa shape index (κ3) is 3.06. The smallest absolute Gasteiger partial charge is 0.317 e. The van der Waals surface area contributed by atoms with Crippen molar-refractivity contribution in [1.82, 2.24) is 4.90 Å². The van der Waals surface area contributed by atoms with Crippen LogP contribution in [0.4, 0.5) is 0 Å². The Morgan fingerprint density at radius 1 is 1.17 bits per heavy atom. The van der Waals surface area contributed by atoms with Gasteiger partial charge in [0.05, 0.1) is 5.41 Å². The summed E-state index contributed by atoms with van der Waals surface area (Å²) in [7, 11) is 0. The monoisotopic (exact) mass is 399 g/mol. The van der Waals surface area contributed by atoms with Gasteiger partial charge in [0.25, 0.3) is 0 Å². The molecule has 3 saturated heterocycles. The SMILES string of the molecule is Cl.O=C(Oc1ccc(Br)cc1)C1(C2CN3CCC2CC3)CCC1. The van der Waals surface area contributed by atoms with Crippen molar-refractivity contribution in [3.8, 4) is 5.75 Å². The zero-order chi connectivity index (χ0) is 15.2. The minimum atomic E-state index is -0.211. The molecule has 0 spiro atoms. The van der Waals surface area contributed by atoms with E-state index < -0.39 is 0 Å². The summed E-state index contributed by atoms with van der Waals surface area (Å²) in [5.41, 5.74) is -0.211. The number of carbonyl (C=O) groups is 1. The van der Waals surface area contributed by atoms with Gasteiger partial charge >= 0.3 is 5.97 Å². The van der Waals surface area contributed by atoms with Crippen molar-refractivity contribution in [2.75, 3.05) is 19.6 Å². The Hall–Kier alpha value is -0.580. The van der Waals surface area contributed by atoms with Gasteiger partial charge in [-0.15, -0.1) is 12.4 Å². The van der Waals surface area contributed by atoms with Gasteiger partial charge in [0, 0.05) is 11.0 Å². The Labute approximate surface area is 152 Å². The van der Waals surface area contributed by atoms with Crippen molar-refractivity contribution in [2.24, 2.45) is 17.3 Å².